The minimum Gasteiger partial charge on any atom is -0.493 e. The summed E-state index contributed by atoms with van der Waals surface area (Å²) in [5, 5.41) is 19.6. The Morgan fingerprint density at radius 2 is 1.71 bits per heavy atom. The van der Waals surface area contributed by atoms with Gasteiger partial charge in [0.15, 0.2) is 17.3 Å². The Morgan fingerprint density at radius 1 is 1.04 bits per heavy atom. The second-order valence-electron chi connectivity index (χ2n) is 6.96. The number of fused-ring (bicyclic) bond motifs is 1. The van der Waals surface area contributed by atoms with Crippen LogP contribution in [-0.4, -0.2) is 37.5 Å². The van der Waals surface area contributed by atoms with Gasteiger partial charge in [0, 0.05) is 23.9 Å². The fraction of sp³-hybridized carbons (Fsp3) is 0.318. The van der Waals surface area contributed by atoms with Crippen molar-refractivity contribution in [1.82, 2.24) is 10.2 Å². The largest absolute Gasteiger partial charge is 0.493 e. The maximum absolute atomic E-state index is 8.97. The molecule has 142 valence electrons. The molecule has 1 aromatic heterocycles. The van der Waals surface area contributed by atoms with Gasteiger partial charge in [-0.05, 0) is 48.6 Å². The lowest BCUT2D eigenvalue weighted by Crippen LogP contribution is -2.33. The number of benzene rings is 2. The van der Waals surface area contributed by atoms with Crippen molar-refractivity contribution in [3.63, 3.8) is 0 Å². The van der Waals surface area contributed by atoms with Gasteiger partial charge in [-0.15, -0.1) is 5.10 Å². The van der Waals surface area contributed by atoms with Crippen molar-refractivity contribution in [2.24, 2.45) is 0 Å². The van der Waals surface area contributed by atoms with Crippen LogP contribution in [0.2, 0.25) is 0 Å². The standard InChI is InChI=1S/C22H22N4O2/c1-27-20-11-18-14-24-25-22(19(18)12-21(20)28-2)26-9-7-17(8-10-26)16-5-3-15(13-23)4-6-16/h3-6,11-12,14,17H,7-10H2,1-2H3. The second-order valence-corrected chi connectivity index (χ2v) is 6.96. The molecular formula is C22H22N4O2. The van der Waals surface area contributed by atoms with Crippen molar-refractivity contribution in [2.75, 3.05) is 32.2 Å². The number of hydrogen-bond donors (Lipinski definition) is 0. The van der Waals surface area contributed by atoms with Crippen LogP contribution in [-0.2, 0) is 0 Å². The van der Waals surface area contributed by atoms with Gasteiger partial charge in [-0.25, -0.2) is 0 Å². The first-order valence-electron chi connectivity index (χ1n) is 9.36. The molecule has 1 aliphatic rings. The van der Waals surface area contributed by atoms with Gasteiger partial charge in [0.2, 0.25) is 0 Å². The van der Waals surface area contributed by atoms with Crippen LogP contribution in [0.1, 0.15) is 29.9 Å². The van der Waals surface area contributed by atoms with E-state index in [0.29, 0.717) is 23.0 Å². The molecule has 0 N–H and O–H groups in total. The van der Waals surface area contributed by atoms with Gasteiger partial charge in [-0.1, -0.05) is 12.1 Å². The molecule has 28 heavy (non-hydrogen) atoms. The van der Waals surface area contributed by atoms with Gasteiger partial charge < -0.3 is 14.4 Å². The van der Waals surface area contributed by atoms with Crippen LogP contribution in [0.5, 0.6) is 11.5 Å². The third-order valence-electron chi connectivity index (χ3n) is 5.45. The van der Waals surface area contributed by atoms with E-state index >= 15 is 0 Å². The molecule has 1 aliphatic heterocycles. The number of anilines is 1. The van der Waals surface area contributed by atoms with Gasteiger partial charge in [0.05, 0.1) is 32.0 Å². The van der Waals surface area contributed by atoms with Crippen LogP contribution in [0.3, 0.4) is 0 Å². The third kappa shape index (κ3) is 3.31. The first-order chi connectivity index (χ1) is 13.7. The summed E-state index contributed by atoms with van der Waals surface area (Å²) < 4.78 is 10.9. The summed E-state index contributed by atoms with van der Waals surface area (Å²) >= 11 is 0. The van der Waals surface area contributed by atoms with E-state index in [9.17, 15) is 0 Å². The molecule has 6 heteroatoms. The molecule has 3 aromatic rings. The molecule has 6 nitrogen and oxygen atoms in total. The maximum Gasteiger partial charge on any atom is 0.161 e. The zero-order valence-electron chi connectivity index (χ0n) is 16.1. The number of nitriles is 1. The van der Waals surface area contributed by atoms with Crippen LogP contribution < -0.4 is 14.4 Å². The number of piperidine rings is 1. The maximum atomic E-state index is 8.97. The quantitative estimate of drug-likeness (QED) is 0.690. The van der Waals surface area contributed by atoms with E-state index in [0.717, 1.165) is 42.5 Å². The minimum atomic E-state index is 0.501. The molecule has 2 heterocycles. The van der Waals surface area contributed by atoms with Crippen molar-refractivity contribution < 1.29 is 9.47 Å². The van der Waals surface area contributed by atoms with Crippen molar-refractivity contribution >= 4 is 16.6 Å². The number of nitrogens with zero attached hydrogens (tertiary/aromatic N) is 4. The molecule has 4 rings (SSSR count). The Kier molecular flexibility index (Phi) is 4.98. The zero-order chi connectivity index (χ0) is 19.5. The Bertz CT molecular complexity index is 1020. The third-order valence-corrected chi connectivity index (χ3v) is 5.45. The monoisotopic (exact) mass is 374 g/mol. The summed E-state index contributed by atoms with van der Waals surface area (Å²) in [5.41, 5.74) is 2.01. The summed E-state index contributed by atoms with van der Waals surface area (Å²) in [6.45, 7) is 1.82. The van der Waals surface area contributed by atoms with E-state index in [1.54, 1.807) is 20.4 Å². The summed E-state index contributed by atoms with van der Waals surface area (Å²) in [7, 11) is 3.27. The highest BCUT2D eigenvalue weighted by Gasteiger charge is 2.23. The first-order valence-corrected chi connectivity index (χ1v) is 9.36. The molecule has 0 aliphatic carbocycles. The highest BCUT2D eigenvalue weighted by Crippen LogP contribution is 2.37. The second kappa shape index (κ2) is 7.73. The number of rotatable bonds is 4. The lowest BCUT2D eigenvalue weighted by molar-refractivity contribution is 0.356. The predicted molar refractivity (Wildman–Crippen MR) is 108 cm³/mol. The zero-order valence-corrected chi connectivity index (χ0v) is 16.1. The van der Waals surface area contributed by atoms with Crippen molar-refractivity contribution in [3.05, 3.63) is 53.7 Å². The summed E-state index contributed by atoms with van der Waals surface area (Å²) in [6.07, 6.45) is 3.83. The van der Waals surface area contributed by atoms with Crippen molar-refractivity contribution in [1.29, 1.82) is 5.26 Å². The smallest absolute Gasteiger partial charge is 0.161 e. The number of aromatic nitrogens is 2. The molecule has 0 saturated carbocycles. The molecule has 0 amide bonds. The van der Waals surface area contributed by atoms with Gasteiger partial charge in [-0.2, -0.15) is 10.4 Å². The number of hydrogen-bond acceptors (Lipinski definition) is 6. The minimum absolute atomic E-state index is 0.501. The Labute approximate surface area is 164 Å². The van der Waals surface area contributed by atoms with Crippen molar-refractivity contribution in [2.45, 2.75) is 18.8 Å². The summed E-state index contributed by atoms with van der Waals surface area (Å²) in [5.74, 6) is 2.77. The Hall–Kier alpha value is -3.33. The van der Waals surface area contributed by atoms with Crippen LogP contribution in [0.25, 0.3) is 10.8 Å². The Morgan fingerprint density at radius 3 is 2.36 bits per heavy atom. The molecule has 0 radical (unpaired) electrons. The SMILES string of the molecule is COc1cc2cnnc(N3CCC(c4ccc(C#N)cc4)CC3)c2cc1OC. The van der Waals surface area contributed by atoms with Gasteiger partial charge in [0.25, 0.3) is 0 Å². The predicted octanol–water partition coefficient (Wildman–Crippen LogP) is 3.90. The normalized spacial score (nSPS) is 14.7. The van der Waals surface area contributed by atoms with Crippen LogP contribution >= 0.6 is 0 Å². The van der Waals surface area contributed by atoms with E-state index in [2.05, 4.69) is 33.3 Å². The molecule has 0 unspecified atom stereocenters. The fourth-order valence-electron chi connectivity index (χ4n) is 3.88. The van der Waals surface area contributed by atoms with Gasteiger partial charge in [0.1, 0.15) is 0 Å². The average molecular weight is 374 g/mol. The first kappa shape index (κ1) is 18.1. The topological polar surface area (TPSA) is 71.3 Å². The lowest BCUT2D eigenvalue weighted by Gasteiger charge is -2.33. The van der Waals surface area contributed by atoms with E-state index in [1.807, 2.05) is 24.3 Å². The highest BCUT2D eigenvalue weighted by molar-refractivity contribution is 5.94. The molecule has 2 aromatic carbocycles. The summed E-state index contributed by atoms with van der Waals surface area (Å²) in [6, 6.07) is 14.0. The molecule has 1 saturated heterocycles. The molecule has 0 atom stereocenters. The molecular weight excluding hydrogens is 352 g/mol. The van der Waals surface area contributed by atoms with E-state index in [-0.39, 0.29) is 0 Å². The van der Waals surface area contributed by atoms with Gasteiger partial charge in [-0.3, -0.25) is 0 Å². The van der Waals surface area contributed by atoms with Crippen molar-refractivity contribution in [3.8, 4) is 17.6 Å². The molecule has 0 bridgehead atoms. The van der Waals surface area contributed by atoms with E-state index in [1.165, 1.54) is 5.56 Å². The lowest BCUT2D eigenvalue weighted by atomic mass is 9.89. The Balaban J connectivity index is 1.57. The highest BCUT2D eigenvalue weighted by atomic mass is 16.5. The average Bonchev–Trinajstić information content (AvgIpc) is 2.77. The van der Waals surface area contributed by atoms with Crippen LogP contribution in [0, 0.1) is 11.3 Å². The molecule has 1 fully saturated rings. The van der Waals surface area contributed by atoms with Gasteiger partial charge >= 0.3 is 0 Å². The molecule has 0 spiro atoms. The summed E-state index contributed by atoms with van der Waals surface area (Å²) in [4.78, 5) is 2.29. The van der Waals surface area contributed by atoms with E-state index in [4.69, 9.17) is 14.7 Å². The number of ether oxygens (including phenoxy) is 2. The van der Waals surface area contributed by atoms with E-state index < -0.39 is 0 Å². The number of methoxy groups -OCH3 is 2. The fourth-order valence-corrected chi connectivity index (χ4v) is 3.88. The van der Waals surface area contributed by atoms with Crippen LogP contribution in [0.4, 0.5) is 5.82 Å². The van der Waals surface area contributed by atoms with Crippen LogP contribution in [0.15, 0.2) is 42.6 Å².